The number of thioether (sulfide) groups is 1. The number of nitrogens with zero attached hydrogens (tertiary/aromatic N) is 3. The van der Waals surface area contributed by atoms with Crippen LogP contribution < -0.4 is 4.90 Å². The first-order valence-electron chi connectivity index (χ1n) is 21.3. The Morgan fingerprint density at radius 2 is 1.58 bits per heavy atom. The second kappa shape index (κ2) is 21.8. The van der Waals surface area contributed by atoms with E-state index in [2.05, 4.69) is 170 Å². The van der Waals surface area contributed by atoms with Crippen LogP contribution in [0, 0.1) is 18.3 Å². The summed E-state index contributed by atoms with van der Waals surface area (Å²) in [4.78, 5) is 9.34. The fourth-order valence-electron chi connectivity index (χ4n) is 7.65. The van der Waals surface area contributed by atoms with Crippen molar-refractivity contribution in [3.8, 4) is 12.3 Å². The molecule has 0 amide bonds. The van der Waals surface area contributed by atoms with Crippen LogP contribution >= 0.6 is 11.8 Å². The smallest absolute Gasteiger partial charge is 0.140 e. The first-order chi connectivity index (χ1) is 29.3. The molecule has 0 saturated heterocycles. The second-order valence-corrected chi connectivity index (χ2v) is 16.4. The number of hydrogen-bond donors (Lipinski definition) is 0. The van der Waals surface area contributed by atoms with E-state index < -0.39 is 0 Å². The van der Waals surface area contributed by atoms with Crippen LogP contribution in [0.3, 0.4) is 0 Å². The van der Waals surface area contributed by atoms with Gasteiger partial charge in [0.05, 0.1) is 0 Å². The maximum Gasteiger partial charge on any atom is 0.140 e. The first-order valence-corrected chi connectivity index (χ1v) is 22.3. The fourth-order valence-corrected chi connectivity index (χ4v) is 8.50. The lowest BCUT2D eigenvalue weighted by molar-refractivity contribution is 0.590. The van der Waals surface area contributed by atoms with E-state index in [9.17, 15) is 0 Å². The average Bonchev–Trinajstić information content (AvgIpc) is 3.26. The Morgan fingerprint density at radius 1 is 0.900 bits per heavy atom. The van der Waals surface area contributed by atoms with Crippen molar-refractivity contribution in [2.24, 2.45) is 10.9 Å². The van der Waals surface area contributed by atoms with Crippen molar-refractivity contribution in [1.82, 2.24) is 4.90 Å². The summed E-state index contributed by atoms with van der Waals surface area (Å²) in [6, 6.07) is 26.3. The summed E-state index contributed by atoms with van der Waals surface area (Å²) in [7, 11) is 0. The van der Waals surface area contributed by atoms with E-state index in [1.54, 1.807) is 0 Å². The third-order valence-electron chi connectivity index (χ3n) is 11.3. The maximum absolute atomic E-state index is 6.28. The van der Waals surface area contributed by atoms with Gasteiger partial charge in [0.1, 0.15) is 5.84 Å². The molecule has 0 spiro atoms. The molecular weight excluding hydrogens is 747 g/mol. The highest BCUT2D eigenvalue weighted by molar-refractivity contribution is 8.02. The lowest BCUT2D eigenvalue weighted by atomic mass is 9.83. The van der Waals surface area contributed by atoms with Crippen molar-refractivity contribution in [1.29, 1.82) is 0 Å². The van der Waals surface area contributed by atoms with Crippen LogP contribution in [-0.4, -0.2) is 23.0 Å². The van der Waals surface area contributed by atoms with Gasteiger partial charge in [-0.3, -0.25) is 0 Å². The maximum atomic E-state index is 6.28. The van der Waals surface area contributed by atoms with E-state index in [0.717, 1.165) is 94.3 Å². The van der Waals surface area contributed by atoms with Crippen LogP contribution in [0.15, 0.2) is 203 Å². The largest absolute Gasteiger partial charge is 0.323 e. The monoisotopic (exact) mass is 805 g/mol. The highest BCUT2D eigenvalue weighted by Crippen LogP contribution is 2.38. The molecule has 60 heavy (non-hydrogen) atoms. The molecule has 0 fully saturated rings. The molecule has 3 aliphatic rings. The van der Waals surface area contributed by atoms with Gasteiger partial charge >= 0.3 is 0 Å². The number of benzene rings is 3. The minimum absolute atomic E-state index is 0.0327. The summed E-state index contributed by atoms with van der Waals surface area (Å²) < 4.78 is 0. The fraction of sp³-hybridized carbons (Fsp3) is 0.232. The topological polar surface area (TPSA) is 18.8 Å². The van der Waals surface area contributed by atoms with E-state index in [1.807, 2.05) is 55.3 Å². The van der Waals surface area contributed by atoms with E-state index in [4.69, 9.17) is 11.4 Å². The van der Waals surface area contributed by atoms with Crippen molar-refractivity contribution in [3.05, 3.63) is 215 Å². The summed E-state index contributed by atoms with van der Waals surface area (Å²) in [6.45, 7) is 18.3. The SMILES string of the molecule is C#CC(C/C=C(/C1=C(C)CCC=C1)C(C)CC)c1ccc(N(c2ccc(C3=N/C=C\C=C/C(=C)N3C/C=C\C=C/C)cc2)c2ccc(/C3=C/SCC/C=C\C3=C)cc2)cc1. The van der Waals surface area contributed by atoms with Crippen LogP contribution in [0.2, 0.25) is 0 Å². The van der Waals surface area contributed by atoms with Gasteiger partial charge in [0.2, 0.25) is 0 Å². The van der Waals surface area contributed by atoms with Crippen LogP contribution in [0.5, 0.6) is 0 Å². The van der Waals surface area contributed by atoms with Crippen LogP contribution in [0.25, 0.3) is 5.57 Å². The zero-order valence-corrected chi connectivity index (χ0v) is 36.7. The Kier molecular flexibility index (Phi) is 15.8. The molecule has 3 nitrogen and oxygen atoms in total. The molecule has 0 bridgehead atoms. The second-order valence-electron chi connectivity index (χ2n) is 15.4. The Hall–Kier alpha value is -6.02. The van der Waals surface area contributed by atoms with Crippen molar-refractivity contribution < 1.29 is 0 Å². The number of allylic oxidation sites excluding steroid dienone is 16. The minimum atomic E-state index is -0.0327. The van der Waals surface area contributed by atoms with Gasteiger partial charge in [0, 0.05) is 52.7 Å². The molecule has 2 heterocycles. The Labute approximate surface area is 364 Å². The zero-order chi connectivity index (χ0) is 42.3. The summed E-state index contributed by atoms with van der Waals surface area (Å²) in [5.74, 6) is 5.47. The molecule has 4 heteroatoms. The van der Waals surface area contributed by atoms with Gasteiger partial charge in [-0.05, 0) is 151 Å². The van der Waals surface area contributed by atoms with Gasteiger partial charge in [0.15, 0.2) is 0 Å². The predicted molar refractivity (Wildman–Crippen MR) is 264 cm³/mol. The number of hydrogen-bond acceptors (Lipinski definition) is 4. The van der Waals surface area contributed by atoms with Gasteiger partial charge in [-0.15, -0.1) is 18.2 Å². The summed E-state index contributed by atoms with van der Waals surface area (Å²) in [5, 5.41) is 2.25. The molecule has 0 radical (unpaired) electrons. The lowest BCUT2D eigenvalue weighted by Crippen LogP contribution is -2.30. The molecule has 0 N–H and O–H groups in total. The van der Waals surface area contributed by atoms with E-state index in [1.165, 1.54) is 16.7 Å². The Balaban J connectivity index is 1.35. The standard InChI is InChI=1S/C56H59N3S/c1-8-11-12-18-39-58-45(7)22-15-17-38-57-56(58)49-28-35-52(36-29-49)59(51-33-26-48(27-34-51)55-41-60-40-19-16-21-44(55)6)50-31-24-47(25-32-50)46(10-3)30-37-54(42(4)9-2)53-23-14-13-20-43(53)5/h3,8,11-12,14-18,21-29,31-38,41-42,46H,6-7,9,13,19-20,30,39-40H2,1-2,4-5H3/b11-8-,18-12-,21-16-,22-15-,38-17-,54-37+,55-41+,57-56?. The van der Waals surface area contributed by atoms with Crippen LogP contribution in [0.4, 0.5) is 17.1 Å². The molecule has 3 aromatic rings. The molecular formula is C56H59N3S. The average molecular weight is 806 g/mol. The minimum Gasteiger partial charge on any atom is -0.323 e. The molecule has 304 valence electrons. The zero-order valence-electron chi connectivity index (χ0n) is 35.9. The molecule has 2 atom stereocenters. The van der Waals surface area contributed by atoms with Gasteiger partial charge in [-0.25, -0.2) is 4.99 Å². The summed E-state index contributed by atoms with van der Waals surface area (Å²) in [5.41, 5.74) is 13.8. The third kappa shape index (κ3) is 11.0. The van der Waals surface area contributed by atoms with Crippen molar-refractivity contribution in [3.63, 3.8) is 0 Å². The summed E-state index contributed by atoms with van der Waals surface area (Å²) in [6.07, 6.45) is 38.9. The van der Waals surface area contributed by atoms with Gasteiger partial charge < -0.3 is 9.80 Å². The number of rotatable bonds is 14. The molecule has 2 unspecified atom stereocenters. The normalized spacial score (nSPS) is 19.7. The Morgan fingerprint density at radius 3 is 2.25 bits per heavy atom. The van der Waals surface area contributed by atoms with E-state index >= 15 is 0 Å². The number of amidine groups is 1. The molecule has 0 saturated carbocycles. The molecule has 3 aromatic carbocycles. The van der Waals surface area contributed by atoms with Crippen molar-refractivity contribution >= 4 is 40.2 Å². The molecule has 2 aliphatic heterocycles. The van der Waals surface area contributed by atoms with Gasteiger partial charge in [0.25, 0.3) is 0 Å². The van der Waals surface area contributed by atoms with Crippen molar-refractivity contribution in [2.45, 2.75) is 65.7 Å². The predicted octanol–water partition coefficient (Wildman–Crippen LogP) is 15.3. The molecule has 0 aromatic heterocycles. The quantitative estimate of drug-likeness (QED) is 0.119. The number of aliphatic imine (C=N–C) groups is 1. The molecule has 6 rings (SSSR count). The van der Waals surface area contributed by atoms with E-state index in [0.29, 0.717) is 12.5 Å². The highest BCUT2D eigenvalue weighted by Gasteiger charge is 2.20. The number of terminal acetylenes is 1. The van der Waals surface area contributed by atoms with Crippen LogP contribution in [0.1, 0.15) is 82.4 Å². The highest BCUT2D eigenvalue weighted by atomic mass is 32.2. The van der Waals surface area contributed by atoms with Crippen LogP contribution in [-0.2, 0) is 0 Å². The van der Waals surface area contributed by atoms with Crippen molar-refractivity contribution in [2.75, 3.05) is 17.2 Å². The number of anilines is 3. The third-order valence-corrected chi connectivity index (χ3v) is 12.2. The lowest BCUT2D eigenvalue weighted by Gasteiger charge is -2.28. The molecule has 1 aliphatic carbocycles. The van der Waals surface area contributed by atoms with Gasteiger partial charge in [-0.1, -0.05) is 124 Å². The first kappa shape index (κ1) is 43.6. The summed E-state index contributed by atoms with van der Waals surface area (Å²) >= 11 is 1.84. The Bertz CT molecular complexity index is 2350. The van der Waals surface area contributed by atoms with Gasteiger partial charge in [-0.2, -0.15) is 0 Å². The van der Waals surface area contributed by atoms with E-state index in [-0.39, 0.29) is 5.92 Å².